The molecule has 9 nitrogen and oxygen atoms in total. The highest BCUT2D eigenvalue weighted by Gasteiger charge is 2.15. The number of aromatic nitrogens is 2. The molecule has 0 spiro atoms. The SMILES string of the molecule is [C-]#[N+]c1cc2c(Oc3ccc(NC(=O)Nc4nccs4)c(F)c3)ccnc2cc1OCCCN1CCCC1. The van der Waals surface area contributed by atoms with Gasteiger partial charge in [-0.3, -0.25) is 10.3 Å². The van der Waals surface area contributed by atoms with E-state index in [1.165, 1.54) is 36.3 Å². The molecule has 1 saturated heterocycles. The van der Waals surface area contributed by atoms with Crippen LogP contribution in [0.1, 0.15) is 19.3 Å². The minimum Gasteiger partial charge on any atom is -0.504 e. The monoisotopic (exact) mass is 532 g/mol. The molecule has 3 heterocycles. The first-order valence-corrected chi connectivity index (χ1v) is 13.1. The first kappa shape index (κ1) is 25.4. The van der Waals surface area contributed by atoms with E-state index in [1.807, 2.05) is 0 Å². The number of rotatable bonds is 9. The number of amides is 2. The molecular weight excluding hydrogens is 507 g/mol. The molecule has 1 fully saturated rings. The molecular formula is C27H25FN6O3S. The van der Waals surface area contributed by atoms with Crippen LogP contribution < -0.4 is 20.1 Å². The number of hydrogen-bond donors (Lipinski definition) is 2. The number of thiazole rings is 1. The maximum absolute atomic E-state index is 14.7. The van der Waals surface area contributed by atoms with Gasteiger partial charge in [0, 0.05) is 35.8 Å². The Morgan fingerprint density at radius 1 is 1.11 bits per heavy atom. The fraction of sp³-hybridized carbons (Fsp3) is 0.259. The summed E-state index contributed by atoms with van der Waals surface area (Å²) < 4.78 is 26.6. The van der Waals surface area contributed by atoms with Crippen molar-refractivity contribution in [2.24, 2.45) is 0 Å². The van der Waals surface area contributed by atoms with Gasteiger partial charge in [-0.15, -0.1) is 11.3 Å². The number of carbonyl (C=O) groups is 1. The Labute approximate surface area is 223 Å². The first-order valence-electron chi connectivity index (χ1n) is 12.2. The van der Waals surface area contributed by atoms with Gasteiger partial charge in [0.2, 0.25) is 5.69 Å². The summed E-state index contributed by atoms with van der Waals surface area (Å²) in [4.78, 5) is 26.5. The number of benzene rings is 2. The summed E-state index contributed by atoms with van der Waals surface area (Å²) >= 11 is 1.25. The van der Waals surface area contributed by atoms with E-state index >= 15 is 0 Å². The lowest BCUT2D eigenvalue weighted by Gasteiger charge is -2.15. The lowest BCUT2D eigenvalue weighted by atomic mass is 10.1. The molecule has 11 heteroatoms. The Hall–Kier alpha value is -4.27. The number of pyridine rings is 1. The highest BCUT2D eigenvalue weighted by molar-refractivity contribution is 7.13. The van der Waals surface area contributed by atoms with Crippen molar-refractivity contribution >= 4 is 44.8 Å². The standard InChI is InChI=1S/C27H25FN6O3S/c1-29-23-16-19-22(17-25(23)36-13-4-12-34-10-2-3-11-34)30-8-7-24(19)37-18-5-6-21(20(28)15-18)32-26(35)33-27-31-9-14-38-27/h5-9,14-17H,2-4,10-13H2,(H2,31,32,33,35). The molecule has 0 saturated carbocycles. The van der Waals surface area contributed by atoms with Crippen LogP contribution in [0.4, 0.5) is 25.7 Å². The summed E-state index contributed by atoms with van der Waals surface area (Å²) in [6.07, 6.45) is 6.53. The van der Waals surface area contributed by atoms with Crippen molar-refractivity contribution < 1.29 is 18.7 Å². The van der Waals surface area contributed by atoms with Crippen molar-refractivity contribution in [1.82, 2.24) is 14.9 Å². The number of nitrogens with zero attached hydrogens (tertiary/aromatic N) is 4. The van der Waals surface area contributed by atoms with Gasteiger partial charge >= 0.3 is 6.03 Å². The first-order chi connectivity index (χ1) is 18.6. The normalized spacial score (nSPS) is 13.3. The van der Waals surface area contributed by atoms with Gasteiger partial charge in [0.15, 0.2) is 5.13 Å². The Morgan fingerprint density at radius 2 is 1.97 bits per heavy atom. The van der Waals surface area contributed by atoms with Crippen LogP contribution in [0, 0.1) is 12.4 Å². The van der Waals surface area contributed by atoms with E-state index < -0.39 is 11.8 Å². The second kappa shape index (κ2) is 11.9. The average Bonchev–Trinajstić information content (AvgIpc) is 3.62. The molecule has 0 radical (unpaired) electrons. The third kappa shape index (κ3) is 6.16. The Morgan fingerprint density at radius 3 is 2.74 bits per heavy atom. The molecule has 5 rings (SSSR count). The maximum Gasteiger partial charge on any atom is 0.325 e. The zero-order valence-corrected chi connectivity index (χ0v) is 21.3. The Kier molecular flexibility index (Phi) is 7.92. The van der Waals surface area contributed by atoms with Crippen LogP contribution in [0.15, 0.2) is 54.2 Å². The van der Waals surface area contributed by atoms with Crippen molar-refractivity contribution in [3.8, 4) is 17.2 Å². The van der Waals surface area contributed by atoms with Crippen LogP contribution in [-0.2, 0) is 0 Å². The van der Waals surface area contributed by atoms with E-state index in [9.17, 15) is 9.18 Å². The lowest BCUT2D eigenvalue weighted by Crippen LogP contribution is -2.21. The highest BCUT2D eigenvalue weighted by Crippen LogP contribution is 2.38. The summed E-state index contributed by atoms with van der Waals surface area (Å²) in [6.45, 7) is 11.4. The highest BCUT2D eigenvalue weighted by atomic mass is 32.1. The molecule has 1 aliphatic rings. The van der Waals surface area contributed by atoms with Gasteiger partial charge < -0.3 is 19.7 Å². The molecule has 1 aliphatic heterocycles. The van der Waals surface area contributed by atoms with Crippen LogP contribution in [0.2, 0.25) is 0 Å². The van der Waals surface area contributed by atoms with Crippen molar-refractivity contribution in [2.75, 3.05) is 36.9 Å². The third-order valence-corrected chi connectivity index (χ3v) is 6.74. The van der Waals surface area contributed by atoms with Crippen LogP contribution in [0.3, 0.4) is 0 Å². The van der Waals surface area contributed by atoms with Gasteiger partial charge in [-0.2, -0.15) is 0 Å². The summed E-state index contributed by atoms with van der Waals surface area (Å²) in [5.41, 5.74) is 0.948. The molecule has 0 aliphatic carbocycles. The number of hydrogen-bond acceptors (Lipinski definition) is 7. The maximum atomic E-state index is 14.7. The van der Waals surface area contributed by atoms with Crippen molar-refractivity contribution in [1.29, 1.82) is 0 Å². The third-order valence-electron chi connectivity index (χ3n) is 6.05. The summed E-state index contributed by atoms with van der Waals surface area (Å²) in [5, 5.41) is 7.71. The largest absolute Gasteiger partial charge is 0.504 e. The van der Waals surface area contributed by atoms with Crippen LogP contribution in [-0.4, -0.2) is 47.1 Å². The second-order valence-electron chi connectivity index (χ2n) is 8.67. The van der Waals surface area contributed by atoms with Gasteiger partial charge in [0.1, 0.15) is 23.1 Å². The molecule has 2 aromatic heterocycles. The minimum atomic E-state index is -0.665. The Bertz CT molecular complexity index is 1470. The number of fused-ring (bicyclic) bond motifs is 1. The molecule has 2 N–H and O–H groups in total. The molecule has 38 heavy (non-hydrogen) atoms. The predicted octanol–water partition coefficient (Wildman–Crippen LogP) is 6.68. The Balaban J connectivity index is 1.27. The van der Waals surface area contributed by atoms with Gasteiger partial charge in [0.25, 0.3) is 0 Å². The van der Waals surface area contributed by atoms with Crippen molar-refractivity contribution in [3.63, 3.8) is 0 Å². The van der Waals surface area contributed by atoms with Gasteiger partial charge in [-0.05, 0) is 62.7 Å². The molecule has 2 amide bonds. The number of carbonyl (C=O) groups excluding carboxylic acids is 1. The van der Waals surface area contributed by atoms with Gasteiger partial charge in [-0.25, -0.2) is 19.0 Å². The number of ether oxygens (including phenoxy) is 2. The summed E-state index contributed by atoms with van der Waals surface area (Å²) in [5.74, 6) is 0.465. The van der Waals surface area contributed by atoms with E-state index in [0.29, 0.717) is 39.8 Å². The van der Waals surface area contributed by atoms with Crippen LogP contribution in [0.25, 0.3) is 15.7 Å². The zero-order chi connectivity index (χ0) is 26.3. The number of nitrogens with one attached hydrogen (secondary N) is 2. The quantitative estimate of drug-likeness (QED) is 0.184. The lowest BCUT2D eigenvalue weighted by molar-refractivity contribution is 0.262. The smallest absolute Gasteiger partial charge is 0.325 e. The van der Waals surface area contributed by atoms with Gasteiger partial charge in [-0.1, -0.05) is 0 Å². The molecule has 2 aromatic carbocycles. The van der Waals surface area contributed by atoms with Crippen LogP contribution >= 0.6 is 11.3 Å². The van der Waals surface area contributed by atoms with Crippen molar-refractivity contribution in [3.05, 3.63) is 71.4 Å². The zero-order valence-electron chi connectivity index (χ0n) is 20.4. The number of anilines is 2. The minimum absolute atomic E-state index is 0.00666. The molecule has 0 atom stereocenters. The summed E-state index contributed by atoms with van der Waals surface area (Å²) in [7, 11) is 0. The van der Waals surface area contributed by atoms with E-state index in [2.05, 4.69) is 30.3 Å². The van der Waals surface area contributed by atoms with E-state index in [-0.39, 0.29) is 11.4 Å². The summed E-state index contributed by atoms with van der Waals surface area (Å²) in [6, 6.07) is 8.59. The number of likely N-dealkylation sites (tertiary alicyclic amines) is 1. The molecule has 0 bridgehead atoms. The van der Waals surface area contributed by atoms with E-state index in [1.54, 1.807) is 42.0 Å². The molecule has 194 valence electrons. The average molecular weight is 533 g/mol. The fourth-order valence-electron chi connectivity index (χ4n) is 4.23. The predicted molar refractivity (Wildman–Crippen MR) is 145 cm³/mol. The molecule has 4 aromatic rings. The van der Waals surface area contributed by atoms with E-state index in [0.717, 1.165) is 26.1 Å². The molecule has 0 unspecified atom stereocenters. The number of halogens is 1. The van der Waals surface area contributed by atoms with E-state index in [4.69, 9.17) is 16.0 Å². The van der Waals surface area contributed by atoms with Gasteiger partial charge in [0.05, 0.1) is 24.4 Å². The number of urea groups is 1. The second-order valence-corrected chi connectivity index (χ2v) is 9.56. The van der Waals surface area contributed by atoms with Crippen LogP contribution in [0.5, 0.6) is 17.2 Å². The fourth-order valence-corrected chi connectivity index (χ4v) is 4.75. The van der Waals surface area contributed by atoms with Crippen molar-refractivity contribution in [2.45, 2.75) is 19.3 Å². The topological polar surface area (TPSA) is 93.0 Å².